The molecule has 1 aliphatic heterocycles. The number of nitrogens with one attached hydrogen (secondary N) is 1. The molecule has 0 saturated carbocycles. The van der Waals surface area contributed by atoms with Gasteiger partial charge in [-0.1, -0.05) is 18.2 Å². The molecule has 2 amide bonds. The second-order valence-corrected chi connectivity index (χ2v) is 7.74. The number of hydrogen-bond acceptors (Lipinski definition) is 3. The summed E-state index contributed by atoms with van der Waals surface area (Å²) in [7, 11) is 0. The van der Waals surface area contributed by atoms with Crippen molar-refractivity contribution in [2.24, 2.45) is 5.92 Å². The third kappa shape index (κ3) is 3.14. The van der Waals surface area contributed by atoms with E-state index in [2.05, 4.69) is 35.0 Å². The minimum atomic E-state index is -0.361. The van der Waals surface area contributed by atoms with E-state index in [9.17, 15) is 9.59 Å². The Morgan fingerprint density at radius 1 is 1.10 bits per heavy atom. The van der Waals surface area contributed by atoms with Crippen molar-refractivity contribution < 1.29 is 14.0 Å². The highest BCUT2D eigenvalue weighted by Crippen LogP contribution is 2.31. The van der Waals surface area contributed by atoms with Gasteiger partial charge in [0.1, 0.15) is 5.76 Å². The summed E-state index contributed by atoms with van der Waals surface area (Å²) in [4.78, 5) is 26.9. The van der Waals surface area contributed by atoms with Gasteiger partial charge in [-0.3, -0.25) is 9.59 Å². The number of hydrogen-bond donors (Lipinski definition) is 1. The van der Waals surface area contributed by atoms with E-state index in [-0.39, 0.29) is 24.2 Å². The van der Waals surface area contributed by atoms with E-state index in [1.165, 1.54) is 10.9 Å². The molecule has 2 aromatic heterocycles. The van der Waals surface area contributed by atoms with Gasteiger partial charge < -0.3 is 19.2 Å². The van der Waals surface area contributed by atoms with Crippen LogP contribution in [0.2, 0.25) is 0 Å². The van der Waals surface area contributed by atoms with Gasteiger partial charge in [-0.15, -0.1) is 0 Å². The van der Waals surface area contributed by atoms with Crippen molar-refractivity contribution in [3.63, 3.8) is 0 Å². The van der Waals surface area contributed by atoms with Gasteiger partial charge in [0.05, 0.1) is 18.7 Å². The average Bonchev–Trinajstić information content (AvgIpc) is 3.47. The van der Waals surface area contributed by atoms with E-state index in [0.29, 0.717) is 13.1 Å². The topological polar surface area (TPSA) is 67.5 Å². The molecule has 1 unspecified atom stereocenters. The quantitative estimate of drug-likeness (QED) is 0.539. The van der Waals surface area contributed by atoms with E-state index in [4.69, 9.17) is 4.42 Å². The summed E-state index contributed by atoms with van der Waals surface area (Å²) in [5, 5.41) is 5.31. The first-order valence-corrected chi connectivity index (χ1v) is 10.3. The first-order valence-electron chi connectivity index (χ1n) is 10.3. The molecule has 4 aromatic rings. The lowest BCUT2D eigenvalue weighted by atomic mass is 10.1. The lowest BCUT2D eigenvalue weighted by molar-refractivity contribution is -0.128. The predicted molar refractivity (Wildman–Crippen MR) is 116 cm³/mol. The number of fused-ring (bicyclic) bond motifs is 3. The van der Waals surface area contributed by atoms with Gasteiger partial charge in [0, 0.05) is 47.0 Å². The number of aromatic nitrogens is 1. The molecule has 3 heterocycles. The number of carbonyl (C=O) groups is 2. The van der Waals surface area contributed by atoms with Crippen molar-refractivity contribution in [1.82, 2.24) is 9.47 Å². The van der Waals surface area contributed by atoms with Gasteiger partial charge >= 0.3 is 0 Å². The third-order valence-electron chi connectivity index (χ3n) is 5.87. The number of rotatable bonds is 5. The Labute approximate surface area is 174 Å². The van der Waals surface area contributed by atoms with Crippen molar-refractivity contribution >= 4 is 39.3 Å². The molecule has 6 heteroatoms. The number of nitrogens with zero attached hydrogens (tertiary/aromatic N) is 2. The zero-order valence-electron chi connectivity index (χ0n) is 16.8. The summed E-state index contributed by atoms with van der Waals surface area (Å²) >= 11 is 0. The van der Waals surface area contributed by atoms with Crippen LogP contribution in [0, 0.1) is 5.92 Å². The number of anilines is 1. The van der Waals surface area contributed by atoms with Crippen LogP contribution >= 0.6 is 0 Å². The van der Waals surface area contributed by atoms with Crippen LogP contribution in [0.15, 0.2) is 65.3 Å². The van der Waals surface area contributed by atoms with E-state index in [1.54, 1.807) is 17.2 Å². The highest BCUT2D eigenvalue weighted by molar-refractivity contribution is 6.10. The van der Waals surface area contributed by atoms with Crippen molar-refractivity contribution in [1.29, 1.82) is 0 Å². The minimum Gasteiger partial charge on any atom is -0.467 e. The zero-order valence-corrected chi connectivity index (χ0v) is 16.8. The van der Waals surface area contributed by atoms with E-state index < -0.39 is 0 Å². The van der Waals surface area contributed by atoms with Crippen molar-refractivity contribution in [3.8, 4) is 0 Å². The van der Waals surface area contributed by atoms with Gasteiger partial charge in [0.2, 0.25) is 11.8 Å². The number of benzene rings is 2. The number of aryl methyl sites for hydroxylation is 1. The fourth-order valence-corrected chi connectivity index (χ4v) is 4.41. The Balaban J connectivity index is 1.36. The lowest BCUT2D eigenvalue weighted by Gasteiger charge is -2.15. The molecule has 0 spiro atoms. The molecule has 152 valence electrons. The predicted octanol–water partition coefficient (Wildman–Crippen LogP) is 4.39. The Morgan fingerprint density at radius 3 is 2.73 bits per heavy atom. The molecular formula is C24H23N3O3. The number of carbonyl (C=O) groups excluding carboxylic acids is 2. The summed E-state index contributed by atoms with van der Waals surface area (Å²) in [6.07, 6.45) is 1.82. The molecule has 0 bridgehead atoms. The second kappa shape index (κ2) is 7.37. The maximum absolute atomic E-state index is 12.9. The number of likely N-dealkylation sites (tertiary alicyclic amines) is 1. The fraction of sp³-hybridized carbons (Fsp3) is 0.250. The average molecular weight is 401 g/mol. The number of amides is 2. The highest BCUT2D eigenvalue weighted by atomic mass is 16.3. The van der Waals surface area contributed by atoms with Crippen LogP contribution in [0.3, 0.4) is 0 Å². The molecule has 1 atom stereocenters. The van der Waals surface area contributed by atoms with Crippen molar-refractivity contribution in [2.45, 2.75) is 26.4 Å². The first-order chi connectivity index (χ1) is 14.6. The van der Waals surface area contributed by atoms with Gasteiger partial charge in [-0.2, -0.15) is 0 Å². The molecule has 6 nitrogen and oxygen atoms in total. The highest BCUT2D eigenvalue weighted by Gasteiger charge is 2.34. The van der Waals surface area contributed by atoms with Gasteiger partial charge in [0.15, 0.2) is 0 Å². The SMILES string of the molecule is CCn1c2ccccc2c2cc(NC(=O)C3CC(=O)N(Cc4ccco4)C3)ccc21. The smallest absolute Gasteiger partial charge is 0.229 e. The molecule has 0 radical (unpaired) electrons. The van der Waals surface area contributed by atoms with Gasteiger partial charge in [-0.05, 0) is 43.3 Å². The summed E-state index contributed by atoms with van der Waals surface area (Å²) in [6.45, 7) is 3.82. The maximum Gasteiger partial charge on any atom is 0.229 e. The van der Waals surface area contributed by atoms with E-state index in [1.807, 2.05) is 30.3 Å². The minimum absolute atomic E-state index is 0.0204. The Kier molecular flexibility index (Phi) is 4.54. The summed E-state index contributed by atoms with van der Waals surface area (Å²) in [5.41, 5.74) is 3.09. The standard InChI is InChI=1S/C24H23N3O3/c1-2-27-21-8-4-3-7-19(21)20-13-17(9-10-22(20)27)25-24(29)16-12-23(28)26(14-16)15-18-6-5-11-30-18/h3-11,13,16H,2,12,14-15H2,1H3,(H,25,29). The largest absolute Gasteiger partial charge is 0.467 e. The van der Waals surface area contributed by atoms with Crippen LogP contribution in [0.5, 0.6) is 0 Å². The molecule has 5 rings (SSSR count). The zero-order chi connectivity index (χ0) is 20.7. The molecule has 1 N–H and O–H groups in total. The summed E-state index contributed by atoms with van der Waals surface area (Å²) < 4.78 is 7.60. The van der Waals surface area contributed by atoms with Crippen LogP contribution in [0.25, 0.3) is 21.8 Å². The second-order valence-electron chi connectivity index (χ2n) is 7.74. The molecule has 1 aliphatic rings. The van der Waals surface area contributed by atoms with E-state index in [0.717, 1.165) is 28.9 Å². The van der Waals surface area contributed by atoms with Crippen LogP contribution in [0.4, 0.5) is 5.69 Å². The molecule has 1 fully saturated rings. The summed E-state index contributed by atoms with van der Waals surface area (Å²) in [5.74, 6) is 0.221. The fourth-order valence-electron chi connectivity index (χ4n) is 4.41. The first kappa shape index (κ1) is 18.5. The summed E-state index contributed by atoms with van der Waals surface area (Å²) in [6, 6.07) is 18.0. The Hall–Kier alpha value is -3.54. The van der Waals surface area contributed by atoms with Crippen LogP contribution in [-0.4, -0.2) is 27.8 Å². The molecule has 30 heavy (non-hydrogen) atoms. The third-order valence-corrected chi connectivity index (χ3v) is 5.87. The van der Waals surface area contributed by atoms with Crippen LogP contribution in [-0.2, 0) is 22.7 Å². The Morgan fingerprint density at radius 2 is 1.93 bits per heavy atom. The number of para-hydroxylation sites is 1. The Bertz CT molecular complexity index is 1240. The van der Waals surface area contributed by atoms with Gasteiger partial charge in [-0.25, -0.2) is 0 Å². The van der Waals surface area contributed by atoms with Gasteiger partial charge in [0.25, 0.3) is 0 Å². The van der Waals surface area contributed by atoms with Crippen LogP contribution in [0.1, 0.15) is 19.1 Å². The molecule has 2 aromatic carbocycles. The number of furan rings is 1. The lowest BCUT2D eigenvalue weighted by Crippen LogP contribution is -2.27. The molecule has 0 aliphatic carbocycles. The van der Waals surface area contributed by atoms with E-state index >= 15 is 0 Å². The van der Waals surface area contributed by atoms with Crippen molar-refractivity contribution in [2.75, 3.05) is 11.9 Å². The maximum atomic E-state index is 12.9. The normalized spacial score (nSPS) is 16.6. The monoisotopic (exact) mass is 401 g/mol. The van der Waals surface area contributed by atoms with Crippen LogP contribution < -0.4 is 5.32 Å². The van der Waals surface area contributed by atoms with Crippen molar-refractivity contribution in [3.05, 3.63) is 66.6 Å². The molecule has 1 saturated heterocycles. The molecular weight excluding hydrogens is 378 g/mol.